The molecule has 3 N–H and O–H groups in total. The van der Waals surface area contributed by atoms with E-state index in [0.717, 1.165) is 5.56 Å². The summed E-state index contributed by atoms with van der Waals surface area (Å²) >= 11 is 0.704. The van der Waals surface area contributed by atoms with Crippen LogP contribution in [0.2, 0.25) is 0 Å². The van der Waals surface area contributed by atoms with Crippen LogP contribution in [0.1, 0.15) is 35.8 Å². The molecule has 2 aromatic carbocycles. The van der Waals surface area contributed by atoms with Crippen LogP contribution >= 0.6 is 11.3 Å². The molecule has 0 radical (unpaired) electrons. The minimum absolute atomic E-state index is 0.0607. The van der Waals surface area contributed by atoms with Crippen LogP contribution in [0.3, 0.4) is 0 Å². The van der Waals surface area contributed by atoms with Gasteiger partial charge in [0.05, 0.1) is 17.3 Å². The van der Waals surface area contributed by atoms with Crippen molar-refractivity contribution in [2.75, 3.05) is 10.0 Å². The van der Waals surface area contributed by atoms with E-state index in [-0.39, 0.29) is 26.8 Å². The van der Waals surface area contributed by atoms with E-state index < -0.39 is 21.8 Å². The molecule has 3 rings (SSSR count). The van der Waals surface area contributed by atoms with E-state index in [1.54, 1.807) is 12.1 Å². The van der Waals surface area contributed by atoms with Gasteiger partial charge in [-0.2, -0.15) is 8.42 Å². The Hall–Kier alpha value is -3.31. The predicted molar refractivity (Wildman–Crippen MR) is 114 cm³/mol. The van der Waals surface area contributed by atoms with Crippen molar-refractivity contribution in [3.63, 3.8) is 0 Å². The molecule has 9 nitrogen and oxygen atoms in total. The SMILES string of the molecule is CC(=O)Nc1nnc(S(=O)(=O)Nc2ccccc2C(=O)N[C@H](C)c2ccccc2)s1. The van der Waals surface area contributed by atoms with Crippen molar-refractivity contribution in [1.82, 2.24) is 15.5 Å². The molecule has 0 saturated carbocycles. The lowest BCUT2D eigenvalue weighted by molar-refractivity contribution is -0.114. The fourth-order valence-electron chi connectivity index (χ4n) is 2.58. The lowest BCUT2D eigenvalue weighted by Gasteiger charge is -2.16. The van der Waals surface area contributed by atoms with E-state index in [9.17, 15) is 18.0 Å². The van der Waals surface area contributed by atoms with Gasteiger partial charge in [-0.25, -0.2) is 0 Å². The predicted octanol–water partition coefficient (Wildman–Crippen LogP) is 2.79. The Morgan fingerprint density at radius 2 is 1.67 bits per heavy atom. The van der Waals surface area contributed by atoms with E-state index in [1.165, 1.54) is 19.1 Å². The van der Waals surface area contributed by atoms with Crippen molar-refractivity contribution in [3.8, 4) is 0 Å². The van der Waals surface area contributed by atoms with Crippen LogP contribution in [-0.2, 0) is 14.8 Å². The number of amides is 2. The van der Waals surface area contributed by atoms with E-state index in [1.807, 2.05) is 37.3 Å². The molecule has 11 heteroatoms. The van der Waals surface area contributed by atoms with E-state index >= 15 is 0 Å². The number of carbonyl (C=O) groups excluding carboxylic acids is 2. The van der Waals surface area contributed by atoms with Crippen LogP contribution in [0.15, 0.2) is 58.9 Å². The number of carbonyl (C=O) groups is 2. The molecule has 1 heterocycles. The van der Waals surface area contributed by atoms with Crippen LogP contribution in [-0.4, -0.2) is 30.4 Å². The van der Waals surface area contributed by atoms with Gasteiger partial charge in [0.25, 0.3) is 20.3 Å². The monoisotopic (exact) mass is 445 g/mol. The summed E-state index contributed by atoms with van der Waals surface area (Å²) in [5, 5.41) is 12.5. The molecule has 0 saturated heterocycles. The van der Waals surface area contributed by atoms with Gasteiger partial charge < -0.3 is 10.6 Å². The molecule has 0 bridgehead atoms. The zero-order valence-electron chi connectivity index (χ0n) is 16.1. The normalized spacial score (nSPS) is 12.1. The molecule has 30 heavy (non-hydrogen) atoms. The van der Waals surface area contributed by atoms with Crippen LogP contribution < -0.4 is 15.4 Å². The average Bonchev–Trinajstić information content (AvgIpc) is 3.17. The lowest BCUT2D eigenvalue weighted by Crippen LogP contribution is -2.28. The molecule has 1 atom stereocenters. The largest absolute Gasteiger partial charge is 0.345 e. The maximum Gasteiger partial charge on any atom is 0.291 e. The summed E-state index contributed by atoms with van der Waals surface area (Å²) < 4.78 is 27.4. The van der Waals surface area contributed by atoms with Gasteiger partial charge in [0.2, 0.25) is 11.0 Å². The maximum absolute atomic E-state index is 12.8. The van der Waals surface area contributed by atoms with Gasteiger partial charge in [-0.05, 0) is 24.6 Å². The first-order valence-electron chi connectivity index (χ1n) is 8.85. The first-order chi connectivity index (χ1) is 14.3. The highest BCUT2D eigenvalue weighted by Crippen LogP contribution is 2.25. The standard InChI is InChI=1S/C19H19N5O4S2/c1-12(14-8-4-3-5-9-14)20-17(26)15-10-6-7-11-16(15)24-30(27,28)19-23-22-18(29-19)21-13(2)25/h3-12,24H,1-2H3,(H,20,26)(H,21,22,25)/t12-/m1/s1. The molecule has 1 aromatic heterocycles. The molecule has 0 aliphatic rings. The van der Waals surface area contributed by atoms with Crippen molar-refractivity contribution in [2.45, 2.75) is 24.2 Å². The summed E-state index contributed by atoms with van der Waals surface area (Å²) in [4.78, 5) is 23.9. The lowest BCUT2D eigenvalue weighted by atomic mass is 10.1. The fraction of sp³-hybridized carbons (Fsp3) is 0.158. The fourth-order valence-corrected chi connectivity index (χ4v) is 4.60. The number of para-hydroxylation sites is 1. The van der Waals surface area contributed by atoms with Gasteiger partial charge in [0, 0.05) is 6.92 Å². The maximum atomic E-state index is 12.8. The highest BCUT2D eigenvalue weighted by molar-refractivity contribution is 7.94. The first kappa shape index (κ1) is 21.4. The summed E-state index contributed by atoms with van der Waals surface area (Å²) in [5.41, 5.74) is 1.19. The number of nitrogens with one attached hydrogen (secondary N) is 3. The van der Waals surface area contributed by atoms with Crippen molar-refractivity contribution in [3.05, 3.63) is 65.7 Å². The Labute approximate surface area is 177 Å². The number of sulfonamides is 1. The van der Waals surface area contributed by atoms with Gasteiger partial charge in [0.1, 0.15) is 0 Å². The van der Waals surface area contributed by atoms with Crippen molar-refractivity contribution in [2.24, 2.45) is 0 Å². The Morgan fingerprint density at radius 3 is 2.37 bits per heavy atom. The summed E-state index contributed by atoms with van der Waals surface area (Å²) in [7, 11) is -4.10. The first-order valence-corrected chi connectivity index (χ1v) is 11.1. The van der Waals surface area contributed by atoms with Crippen molar-refractivity contribution < 1.29 is 18.0 Å². The molecule has 0 spiro atoms. The Morgan fingerprint density at radius 1 is 1.00 bits per heavy atom. The van der Waals surface area contributed by atoms with Gasteiger partial charge in [0.15, 0.2) is 0 Å². The molecular weight excluding hydrogens is 426 g/mol. The highest BCUT2D eigenvalue weighted by atomic mass is 32.2. The van der Waals surface area contributed by atoms with Crippen LogP contribution in [0, 0.1) is 0 Å². The van der Waals surface area contributed by atoms with E-state index in [0.29, 0.717) is 11.3 Å². The summed E-state index contributed by atoms with van der Waals surface area (Å²) in [6.07, 6.45) is 0. The Kier molecular flexibility index (Phi) is 6.43. The van der Waals surface area contributed by atoms with Crippen LogP contribution in [0.4, 0.5) is 10.8 Å². The summed E-state index contributed by atoms with van der Waals surface area (Å²) in [6, 6.07) is 15.4. The minimum Gasteiger partial charge on any atom is -0.345 e. The number of rotatable bonds is 7. The topological polar surface area (TPSA) is 130 Å². The molecular formula is C19H19N5O4S2. The second-order valence-electron chi connectivity index (χ2n) is 6.31. The zero-order chi connectivity index (χ0) is 21.7. The second kappa shape index (κ2) is 9.01. The zero-order valence-corrected chi connectivity index (χ0v) is 17.8. The van der Waals surface area contributed by atoms with Gasteiger partial charge in [-0.15, -0.1) is 10.2 Å². The van der Waals surface area contributed by atoms with Crippen molar-refractivity contribution >= 4 is 44.0 Å². The summed E-state index contributed by atoms with van der Waals surface area (Å²) in [5.74, 6) is -0.821. The smallest absolute Gasteiger partial charge is 0.291 e. The van der Waals surface area contributed by atoms with Gasteiger partial charge >= 0.3 is 0 Å². The number of aromatic nitrogens is 2. The van der Waals surface area contributed by atoms with Gasteiger partial charge in [-0.3, -0.25) is 14.3 Å². The van der Waals surface area contributed by atoms with E-state index in [4.69, 9.17) is 0 Å². The van der Waals surface area contributed by atoms with Gasteiger partial charge in [-0.1, -0.05) is 53.8 Å². The summed E-state index contributed by atoms with van der Waals surface area (Å²) in [6.45, 7) is 3.12. The Balaban J connectivity index is 1.80. The molecule has 0 aliphatic heterocycles. The second-order valence-corrected chi connectivity index (χ2v) is 9.14. The molecule has 156 valence electrons. The molecule has 0 fully saturated rings. The number of hydrogen-bond acceptors (Lipinski definition) is 7. The molecule has 0 aliphatic carbocycles. The van der Waals surface area contributed by atoms with Crippen LogP contribution in [0.25, 0.3) is 0 Å². The number of nitrogens with zero attached hydrogens (tertiary/aromatic N) is 2. The average molecular weight is 446 g/mol. The molecule has 2 amide bonds. The number of anilines is 2. The third kappa shape index (κ3) is 5.19. The Bertz CT molecular complexity index is 1160. The molecule has 3 aromatic rings. The third-order valence-corrected chi connectivity index (χ3v) is 6.55. The van der Waals surface area contributed by atoms with E-state index in [2.05, 4.69) is 25.6 Å². The number of benzene rings is 2. The minimum atomic E-state index is -4.10. The molecule has 0 unspecified atom stereocenters. The van der Waals surface area contributed by atoms with Crippen LogP contribution in [0.5, 0.6) is 0 Å². The third-order valence-electron chi connectivity index (χ3n) is 3.98. The quantitative estimate of drug-likeness (QED) is 0.480. The highest BCUT2D eigenvalue weighted by Gasteiger charge is 2.23. The van der Waals surface area contributed by atoms with Crippen molar-refractivity contribution in [1.29, 1.82) is 0 Å². The number of hydrogen-bond donors (Lipinski definition) is 3.